The van der Waals surface area contributed by atoms with Crippen LogP contribution >= 0.6 is 0 Å². The Bertz CT molecular complexity index is 608. The van der Waals surface area contributed by atoms with Crippen LogP contribution in [0.3, 0.4) is 0 Å². The lowest BCUT2D eigenvalue weighted by Gasteiger charge is -2.07. The molecule has 0 bridgehead atoms. The molecule has 0 atom stereocenters. The molecule has 0 aliphatic rings. The maximum Gasteiger partial charge on any atom is 0.307 e. The van der Waals surface area contributed by atoms with Crippen LogP contribution in [0.2, 0.25) is 0 Å². The second-order valence-corrected chi connectivity index (χ2v) is 4.12. The van der Waals surface area contributed by atoms with Gasteiger partial charge in [-0.1, -0.05) is 18.2 Å². The minimum absolute atomic E-state index is 0.128. The fourth-order valence-corrected chi connectivity index (χ4v) is 1.87. The van der Waals surface area contributed by atoms with E-state index in [4.69, 9.17) is 9.84 Å². The number of ether oxygens (including phenoxy) is 1. The second-order valence-electron chi connectivity index (χ2n) is 4.12. The SMILES string of the molecule is COc1cccc(-c2cc(CC(=O)O)ccc2F)c1. The zero-order chi connectivity index (χ0) is 13.8. The number of carboxylic acids is 1. The van der Waals surface area contributed by atoms with Gasteiger partial charge in [-0.2, -0.15) is 0 Å². The number of hydrogen-bond donors (Lipinski definition) is 1. The van der Waals surface area contributed by atoms with Gasteiger partial charge in [0.25, 0.3) is 0 Å². The van der Waals surface area contributed by atoms with Crippen molar-refractivity contribution in [3.63, 3.8) is 0 Å². The quantitative estimate of drug-likeness (QED) is 0.918. The highest BCUT2D eigenvalue weighted by molar-refractivity contribution is 5.72. The van der Waals surface area contributed by atoms with Crippen LogP contribution in [-0.4, -0.2) is 18.2 Å². The molecule has 2 rings (SSSR count). The van der Waals surface area contributed by atoms with Crippen molar-refractivity contribution in [1.29, 1.82) is 0 Å². The van der Waals surface area contributed by atoms with E-state index in [1.165, 1.54) is 19.2 Å². The summed E-state index contributed by atoms with van der Waals surface area (Å²) in [6.45, 7) is 0. The van der Waals surface area contributed by atoms with Crippen LogP contribution in [0.25, 0.3) is 11.1 Å². The molecule has 3 nitrogen and oxygen atoms in total. The van der Waals surface area contributed by atoms with Gasteiger partial charge in [-0.3, -0.25) is 4.79 Å². The summed E-state index contributed by atoms with van der Waals surface area (Å²) in [5.41, 5.74) is 1.59. The van der Waals surface area contributed by atoms with Crippen molar-refractivity contribution in [3.8, 4) is 16.9 Å². The van der Waals surface area contributed by atoms with Crippen molar-refractivity contribution in [2.45, 2.75) is 6.42 Å². The molecule has 0 radical (unpaired) electrons. The van der Waals surface area contributed by atoms with Crippen LogP contribution in [0.1, 0.15) is 5.56 Å². The number of benzene rings is 2. The molecule has 0 aliphatic heterocycles. The van der Waals surface area contributed by atoms with Gasteiger partial charge < -0.3 is 9.84 Å². The summed E-state index contributed by atoms with van der Waals surface area (Å²) < 4.78 is 18.9. The fraction of sp³-hybridized carbons (Fsp3) is 0.133. The smallest absolute Gasteiger partial charge is 0.307 e. The molecule has 0 saturated carbocycles. The summed E-state index contributed by atoms with van der Waals surface area (Å²) >= 11 is 0. The van der Waals surface area contributed by atoms with Gasteiger partial charge >= 0.3 is 5.97 Å². The average molecular weight is 260 g/mol. The Morgan fingerprint density at radius 1 is 1.26 bits per heavy atom. The van der Waals surface area contributed by atoms with E-state index < -0.39 is 5.97 Å². The second kappa shape index (κ2) is 5.52. The van der Waals surface area contributed by atoms with Gasteiger partial charge in [0.05, 0.1) is 13.5 Å². The Hall–Kier alpha value is -2.36. The lowest BCUT2D eigenvalue weighted by Crippen LogP contribution is -2.00. The zero-order valence-corrected chi connectivity index (χ0v) is 10.4. The molecule has 0 fully saturated rings. The third-order valence-corrected chi connectivity index (χ3v) is 2.77. The molecule has 0 aromatic heterocycles. The Kier molecular flexibility index (Phi) is 3.80. The van der Waals surface area contributed by atoms with Gasteiger partial charge in [0.1, 0.15) is 11.6 Å². The number of halogens is 1. The first kappa shape index (κ1) is 13.1. The Labute approximate surface area is 110 Å². The predicted octanol–water partition coefficient (Wildman–Crippen LogP) is 3.13. The molecule has 0 aliphatic carbocycles. The van der Waals surface area contributed by atoms with Crippen LogP contribution < -0.4 is 4.74 Å². The summed E-state index contributed by atoms with van der Waals surface area (Å²) in [5.74, 6) is -0.703. The molecule has 0 amide bonds. The average Bonchev–Trinajstić information content (AvgIpc) is 2.40. The summed E-state index contributed by atoms with van der Waals surface area (Å²) in [4.78, 5) is 10.7. The van der Waals surface area contributed by atoms with Crippen molar-refractivity contribution in [3.05, 3.63) is 53.8 Å². The molecule has 0 unspecified atom stereocenters. The lowest BCUT2D eigenvalue weighted by atomic mass is 10.0. The summed E-state index contributed by atoms with van der Waals surface area (Å²) in [6, 6.07) is 11.3. The standard InChI is InChI=1S/C15H13FO3/c1-19-12-4-2-3-11(9-12)13-7-10(8-15(17)18)5-6-14(13)16/h2-7,9H,8H2,1H3,(H,17,18). The van der Waals surface area contributed by atoms with Crippen LogP contribution in [0, 0.1) is 5.82 Å². The predicted molar refractivity (Wildman–Crippen MR) is 69.7 cm³/mol. The van der Waals surface area contributed by atoms with E-state index in [0.717, 1.165) is 0 Å². The van der Waals surface area contributed by atoms with E-state index in [1.54, 1.807) is 30.3 Å². The highest BCUT2D eigenvalue weighted by Gasteiger charge is 2.09. The van der Waals surface area contributed by atoms with E-state index in [1.807, 2.05) is 0 Å². The zero-order valence-electron chi connectivity index (χ0n) is 10.4. The highest BCUT2D eigenvalue weighted by Crippen LogP contribution is 2.27. The molecule has 19 heavy (non-hydrogen) atoms. The Morgan fingerprint density at radius 2 is 2.05 bits per heavy atom. The van der Waals surface area contributed by atoms with Gasteiger partial charge in [-0.25, -0.2) is 4.39 Å². The van der Waals surface area contributed by atoms with Gasteiger partial charge in [0.2, 0.25) is 0 Å². The number of aliphatic carboxylic acids is 1. The number of methoxy groups -OCH3 is 1. The Morgan fingerprint density at radius 3 is 2.74 bits per heavy atom. The third-order valence-electron chi connectivity index (χ3n) is 2.77. The normalized spacial score (nSPS) is 10.2. The number of carbonyl (C=O) groups is 1. The van der Waals surface area contributed by atoms with Crippen molar-refractivity contribution >= 4 is 5.97 Å². The molecule has 0 heterocycles. The molecule has 0 saturated heterocycles. The van der Waals surface area contributed by atoms with Crippen molar-refractivity contribution < 1.29 is 19.0 Å². The number of hydrogen-bond acceptors (Lipinski definition) is 2. The highest BCUT2D eigenvalue weighted by atomic mass is 19.1. The molecule has 98 valence electrons. The van der Waals surface area contributed by atoms with Gasteiger partial charge in [-0.05, 0) is 35.4 Å². The first-order valence-corrected chi connectivity index (χ1v) is 5.75. The molecule has 0 spiro atoms. The van der Waals surface area contributed by atoms with Crippen molar-refractivity contribution in [1.82, 2.24) is 0 Å². The molecule has 1 N–H and O–H groups in total. The summed E-state index contributed by atoms with van der Waals surface area (Å²) in [5, 5.41) is 8.77. The van der Waals surface area contributed by atoms with Crippen LogP contribution in [0.4, 0.5) is 4.39 Å². The molecule has 2 aromatic rings. The van der Waals surface area contributed by atoms with E-state index in [9.17, 15) is 9.18 Å². The van der Waals surface area contributed by atoms with Gasteiger partial charge in [0.15, 0.2) is 0 Å². The molecule has 4 heteroatoms. The van der Waals surface area contributed by atoms with E-state index in [2.05, 4.69) is 0 Å². The topological polar surface area (TPSA) is 46.5 Å². The Balaban J connectivity index is 2.44. The van der Waals surface area contributed by atoms with E-state index in [-0.39, 0.29) is 12.2 Å². The summed E-state index contributed by atoms with van der Waals surface area (Å²) in [6.07, 6.45) is -0.128. The molecular weight excluding hydrogens is 247 g/mol. The number of rotatable bonds is 4. The fourth-order valence-electron chi connectivity index (χ4n) is 1.87. The summed E-state index contributed by atoms with van der Waals surface area (Å²) in [7, 11) is 1.54. The first-order valence-electron chi connectivity index (χ1n) is 5.75. The number of carboxylic acid groups (broad SMARTS) is 1. The monoisotopic (exact) mass is 260 g/mol. The lowest BCUT2D eigenvalue weighted by molar-refractivity contribution is -0.136. The van der Waals surface area contributed by atoms with Gasteiger partial charge in [-0.15, -0.1) is 0 Å². The van der Waals surface area contributed by atoms with Crippen molar-refractivity contribution in [2.75, 3.05) is 7.11 Å². The maximum atomic E-state index is 13.8. The first-order chi connectivity index (χ1) is 9.10. The third kappa shape index (κ3) is 3.10. The molecule has 2 aromatic carbocycles. The maximum absolute atomic E-state index is 13.8. The van der Waals surface area contributed by atoms with Crippen molar-refractivity contribution in [2.24, 2.45) is 0 Å². The van der Waals surface area contributed by atoms with E-state index >= 15 is 0 Å². The van der Waals surface area contributed by atoms with Crippen LogP contribution in [0.15, 0.2) is 42.5 Å². The van der Waals surface area contributed by atoms with Crippen LogP contribution in [-0.2, 0) is 11.2 Å². The van der Waals surface area contributed by atoms with Crippen LogP contribution in [0.5, 0.6) is 5.75 Å². The minimum atomic E-state index is -0.941. The minimum Gasteiger partial charge on any atom is -0.497 e. The van der Waals surface area contributed by atoms with Gasteiger partial charge in [0, 0.05) is 5.56 Å². The molecular formula is C15H13FO3. The van der Waals surface area contributed by atoms with E-state index in [0.29, 0.717) is 22.4 Å². The largest absolute Gasteiger partial charge is 0.497 e.